The number of aromatic amines is 1. The molecule has 0 saturated carbocycles. The van der Waals surface area contributed by atoms with Gasteiger partial charge in [0.05, 0.1) is 24.8 Å². The first-order chi connectivity index (χ1) is 11.7. The Morgan fingerprint density at radius 2 is 2.08 bits per heavy atom. The number of carbonyl (C=O) groups excluding carboxylic acids is 1. The molecule has 1 N–H and O–H groups in total. The Morgan fingerprint density at radius 1 is 1.36 bits per heavy atom. The summed E-state index contributed by atoms with van der Waals surface area (Å²) in [6.45, 7) is 1.47. The number of benzene rings is 1. The number of allylic oxidation sites excluding steroid dienone is 1. The Balaban J connectivity index is 2.21. The maximum atomic E-state index is 13.0. The molecule has 3 rings (SSSR count). The topological polar surface area (TPSA) is 80.2 Å². The molecule has 1 aromatic heterocycles. The zero-order valence-corrected chi connectivity index (χ0v) is 13.2. The molecule has 0 fully saturated rings. The monoisotopic (exact) mass is 354 g/mol. The molecule has 1 aromatic carbocycles. The van der Waals surface area contributed by atoms with Gasteiger partial charge in [0.25, 0.3) is 0 Å². The Bertz CT molecular complexity index is 927. The molecule has 0 bridgehead atoms. The number of esters is 1. The lowest BCUT2D eigenvalue weighted by Gasteiger charge is -2.30. The van der Waals surface area contributed by atoms with Crippen molar-refractivity contribution >= 4 is 17.6 Å². The van der Waals surface area contributed by atoms with Crippen molar-refractivity contribution in [3.8, 4) is 0 Å². The van der Waals surface area contributed by atoms with Crippen LogP contribution in [0.2, 0.25) is 0 Å². The van der Waals surface area contributed by atoms with Crippen molar-refractivity contribution in [3.05, 3.63) is 51.6 Å². The smallest absolute Gasteiger partial charge is 0.416 e. The van der Waals surface area contributed by atoms with Gasteiger partial charge in [0, 0.05) is 11.4 Å². The van der Waals surface area contributed by atoms with Crippen molar-refractivity contribution in [2.45, 2.75) is 19.6 Å². The second-order valence-electron chi connectivity index (χ2n) is 5.35. The number of rotatable bonds is 2. The average Bonchev–Trinajstić information content (AvgIpc) is 2.93. The van der Waals surface area contributed by atoms with Gasteiger partial charge in [-0.15, -0.1) is 5.10 Å². The second kappa shape index (κ2) is 5.80. The number of carbonyl (C=O) groups is 1. The van der Waals surface area contributed by atoms with Crippen LogP contribution >= 0.6 is 0 Å². The fourth-order valence-electron chi connectivity index (χ4n) is 2.65. The molecular weight excluding hydrogens is 341 g/mol. The van der Waals surface area contributed by atoms with Gasteiger partial charge in [0.2, 0.25) is 5.95 Å². The zero-order chi connectivity index (χ0) is 18.4. The summed E-state index contributed by atoms with van der Waals surface area (Å²) in [6.07, 6.45) is -4.53. The summed E-state index contributed by atoms with van der Waals surface area (Å²) in [5.74, 6) is -0.581. The predicted octanol–water partition coefficient (Wildman–Crippen LogP) is 2.19. The lowest BCUT2D eigenvalue weighted by Crippen LogP contribution is -2.33. The molecule has 0 radical (unpaired) electrons. The molecule has 1 aliphatic heterocycles. The molecule has 132 valence electrons. The highest BCUT2D eigenvalue weighted by atomic mass is 19.4. The van der Waals surface area contributed by atoms with Gasteiger partial charge in [-0.25, -0.2) is 14.7 Å². The number of hydrogen-bond acceptors (Lipinski definition) is 5. The van der Waals surface area contributed by atoms with Crippen LogP contribution < -0.4 is 10.6 Å². The first-order valence-electron chi connectivity index (χ1n) is 7.14. The van der Waals surface area contributed by atoms with Gasteiger partial charge in [-0.1, -0.05) is 6.07 Å². The number of halogens is 3. The highest BCUT2D eigenvalue weighted by Crippen LogP contribution is 2.37. The molecule has 0 saturated heterocycles. The van der Waals surface area contributed by atoms with E-state index in [1.165, 1.54) is 24.1 Å². The van der Waals surface area contributed by atoms with Crippen LogP contribution in [0.25, 0.3) is 0 Å². The van der Waals surface area contributed by atoms with E-state index in [4.69, 9.17) is 4.74 Å². The van der Waals surface area contributed by atoms with Crippen molar-refractivity contribution in [2.24, 2.45) is 0 Å². The highest BCUT2D eigenvalue weighted by Gasteiger charge is 2.34. The van der Waals surface area contributed by atoms with Crippen LogP contribution in [-0.2, 0) is 22.3 Å². The fraction of sp³-hybridized carbons (Fsp3) is 0.267. The molecular formula is C15H13F3N4O3. The Morgan fingerprint density at radius 3 is 2.72 bits per heavy atom. The third-order valence-electron chi connectivity index (χ3n) is 3.89. The van der Waals surface area contributed by atoms with E-state index >= 15 is 0 Å². The van der Waals surface area contributed by atoms with Crippen LogP contribution in [0.3, 0.4) is 0 Å². The van der Waals surface area contributed by atoms with Crippen LogP contribution in [0.1, 0.15) is 12.5 Å². The van der Waals surface area contributed by atoms with Crippen LogP contribution in [0.4, 0.5) is 24.8 Å². The minimum atomic E-state index is -4.53. The van der Waals surface area contributed by atoms with Gasteiger partial charge in [-0.3, -0.25) is 9.47 Å². The highest BCUT2D eigenvalue weighted by molar-refractivity contribution is 5.91. The zero-order valence-electron chi connectivity index (χ0n) is 13.2. The molecule has 0 amide bonds. The molecule has 25 heavy (non-hydrogen) atoms. The summed E-state index contributed by atoms with van der Waals surface area (Å²) >= 11 is 0. The number of hydrogen-bond donors (Lipinski definition) is 1. The number of nitrogens with zero attached hydrogens (tertiary/aromatic N) is 3. The molecule has 0 aliphatic carbocycles. The van der Waals surface area contributed by atoms with E-state index in [2.05, 4.69) is 10.2 Å². The van der Waals surface area contributed by atoms with Crippen LogP contribution in [0, 0.1) is 0 Å². The minimum Gasteiger partial charge on any atom is -0.466 e. The number of anilines is 2. The average molecular weight is 354 g/mol. The maximum absolute atomic E-state index is 13.0. The van der Waals surface area contributed by atoms with Gasteiger partial charge in [0.1, 0.15) is 0 Å². The van der Waals surface area contributed by atoms with E-state index in [1.807, 2.05) is 0 Å². The number of nitrogens with one attached hydrogen (secondary N) is 1. The van der Waals surface area contributed by atoms with Gasteiger partial charge < -0.3 is 4.74 Å². The fourth-order valence-corrected chi connectivity index (χ4v) is 2.65. The van der Waals surface area contributed by atoms with E-state index in [0.29, 0.717) is 5.70 Å². The maximum Gasteiger partial charge on any atom is 0.416 e. The molecule has 1 aliphatic rings. The van der Waals surface area contributed by atoms with Crippen molar-refractivity contribution in [3.63, 3.8) is 0 Å². The van der Waals surface area contributed by atoms with Crippen molar-refractivity contribution in [1.29, 1.82) is 0 Å². The normalized spacial score (nSPS) is 14.5. The molecule has 0 spiro atoms. The SMILES string of the molecule is COC(=O)C1=C(C)N(c2cccc(C(F)(F)F)c2)c2n[nH]c(=O)n2C1. The van der Waals surface area contributed by atoms with E-state index < -0.39 is 23.4 Å². The standard InChI is InChI=1S/C15H13F3N4O3/c1-8-11(12(23)25-2)7-21-13(19-20-14(21)24)22(8)10-5-3-4-9(6-10)15(16,17)18/h3-6H,7H2,1-2H3,(H,20,24). The summed E-state index contributed by atoms with van der Waals surface area (Å²) in [7, 11) is 1.19. The first kappa shape index (κ1) is 16.8. The van der Waals surface area contributed by atoms with Gasteiger partial charge in [-0.05, 0) is 25.1 Å². The minimum absolute atomic E-state index is 0.0847. The number of ether oxygens (including phenoxy) is 1. The number of fused-ring (bicyclic) bond motifs is 1. The largest absolute Gasteiger partial charge is 0.466 e. The summed E-state index contributed by atoms with van der Waals surface area (Å²) < 4.78 is 44.9. The first-order valence-corrected chi connectivity index (χ1v) is 7.14. The lowest BCUT2D eigenvalue weighted by atomic mass is 10.1. The Hall–Kier alpha value is -3.04. The van der Waals surface area contributed by atoms with Gasteiger partial charge >= 0.3 is 17.8 Å². The Labute approximate surface area is 139 Å². The number of methoxy groups -OCH3 is 1. The van der Waals surface area contributed by atoms with Crippen LogP contribution in [0.15, 0.2) is 40.3 Å². The lowest BCUT2D eigenvalue weighted by molar-refractivity contribution is -0.138. The predicted molar refractivity (Wildman–Crippen MR) is 81.1 cm³/mol. The van der Waals surface area contributed by atoms with E-state index in [1.54, 1.807) is 6.92 Å². The van der Waals surface area contributed by atoms with E-state index in [-0.39, 0.29) is 23.8 Å². The van der Waals surface area contributed by atoms with Crippen molar-refractivity contribution in [1.82, 2.24) is 14.8 Å². The quantitative estimate of drug-likeness (QED) is 0.837. The Kier molecular flexibility index (Phi) is 3.90. The van der Waals surface area contributed by atoms with Gasteiger partial charge in [-0.2, -0.15) is 13.2 Å². The summed E-state index contributed by atoms with van der Waals surface area (Å²) in [6, 6.07) is 4.54. The van der Waals surface area contributed by atoms with Crippen LogP contribution in [0.5, 0.6) is 0 Å². The summed E-state index contributed by atoms with van der Waals surface area (Å²) in [5.41, 5.74) is -0.837. The molecule has 2 heterocycles. The van der Waals surface area contributed by atoms with E-state index in [0.717, 1.165) is 16.7 Å². The van der Waals surface area contributed by atoms with E-state index in [9.17, 15) is 22.8 Å². The number of aromatic nitrogens is 3. The summed E-state index contributed by atoms with van der Waals surface area (Å²) in [5, 5.41) is 6.10. The number of H-pyrrole nitrogens is 1. The van der Waals surface area contributed by atoms with Crippen molar-refractivity contribution < 1.29 is 22.7 Å². The molecule has 7 nitrogen and oxygen atoms in total. The van der Waals surface area contributed by atoms with Crippen molar-refractivity contribution in [2.75, 3.05) is 12.0 Å². The molecule has 0 atom stereocenters. The number of alkyl halides is 3. The second-order valence-corrected chi connectivity index (χ2v) is 5.35. The third kappa shape index (κ3) is 2.79. The molecule has 0 unspecified atom stereocenters. The van der Waals surface area contributed by atoms with Crippen LogP contribution in [-0.4, -0.2) is 27.8 Å². The summed E-state index contributed by atoms with van der Waals surface area (Å²) in [4.78, 5) is 25.2. The molecule has 2 aromatic rings. The van der Waals surface area contributed by atoms with Gasteiger partial charge in [0.15, 0.2) is 0 Å². The third-order valence-corrected chi connectivity index (χ3v) is 3.89. The molecule has 10 heteroatoms.